The maximum atomic E-state index is 11.7. The van der Waals surface area contributed by atoms with Crippen LogP contribution in [0.15, 0.2) is 30.3 Å². The van der Waals surface area contributed by atoms with Crippen molar-refractivity contribution in [2.45, 2.75) is 32.1 Å². The minimum Gasteiger partial charge on any atom is -0.494 e. The quantitative estimate of drug-likeness (QED) is 0.680. The molecule has 2 N–H and O–H groups in total. The van der Waals surface area contributed by atoms with Gasteiger partial charge in [0.1, 0.15) is 5.75 Å². The molecule has 1 aliphatic carbocycles. The highest BCUT2D eigenvalue weighted by Crippen LogP contribution is 2.47. The zero-order chi connectivity index (χ0) is 14.3. The number of carbonyl (C=O) groups excluding carboxylic acids is 1. The van der Waals surface area contributed by atoms with Gasteiger partial charge in [-0.3, -0.25) is 4.79 Å². The standard InChI is InChI=1S/C16H23NO3/c18-11-10-16(8-9-16)13-17-15(19)7-4-12-20-14-5-2-1-3-6-14/h1-3,5-6,18H,4,7-13H2,(H,17,19). The average Bonchev–Trinajstić information content (AvgIpc) is 3.23. The minimum absolute atomic E-state index is 0.0749. The molecule has 0 spiro atoms. The molecule has 4 heteroatoms. The van der Waals surface area contributed by atoms with Crippen LogP contribution in [0.25, 0.3) is 0 Å². The van der Waals surface area contributed by atoms with E-state index in [0.717, 1.165) is 25.0 Å². The second-order valence-electron chi connectivity index (χ2n) is 5.52. The molecule has 0 bridgehead atoms. The van der Waals surface area contributed by atoms with Gasteiger partial charge in [0.05, 0.1) is 6.61 Å². The highest BCUT2D eigenvalue weighted by atomic mass is 16.5. The highest BCUT2D eigenvalue weighted by Gasteiger charge is 2.41. The maximum absolute atomic E-state index is 11.7. The van der Waals surface area contributed by atoms with E-state index >= 15 is 0 Å². The number of ether oxygens (including phenoxy) is 1. The molecule has 0 unspecified atom stereocenters. The van der Waals surface area contributed by atoms with Crippen molar-refractivity contribution >= 4 is 5.91 Å². The van der Waals surface area contributed by atoms with E-state index in [1.165, 1.54) is 0 Å². The Hall–Kier alpha value is -1.55. The van der Waals surface area contributed by atoms with Crippen LogP contribution >= 0.6 is 0 Å². The van der Waals surface area contributed by atoms with Gasteiger partial charge >= 0.3 is 0 Å². The van der Waals surface area contributed by atoms with Crippen molar-refractivity contribution in [3.63, 3.8) is 0 Å². The van der Waals surface area contributed by atoms with E-state index < -0.39 is 0 Å². The third-order valence-electron chi connectivity index (χ3n) is 3.82. The third-order valence-corrected chi connectivity index (χ3v) is 3.82. The van der Waals surface area contributed by atoms with Crippen molar-refractivity contribution < 1.29 is 14.6 Å². The number of rotatable bonds is 9. The van der Waals surface area contributed by atoms with Gasteiger partial charge in [-0.1, -0.05) is 18.2 Å². The molecule has 1 aromatic carbocycles. The molecule has 110 valence electrons. The molecular weight excluding hydrogens is 254 g/mol. The van der Waals surface area contributed by atoms with E-state index in [1.54, 1.807) is 0 Å². The topological polar surface area (TPSA) is 58.6 Å². The number of hydrogen-bond acceptors (Lipinski definition) is 3. The van der Waals surface area contributed by atoms with Gasteiger partial charge < -0.3 is 15.2 Å². The largest absolute Gasteiger partial charge is 0.494 e. The van der Waals surface area contributed by atoms with Crippen LogP contribution in [0.1, 0.15) is 32.1 Å². The zero-order valence-corrected chi connectivity index (χ0v) is 11.8. The first-order chi connectivity index (χ1) is 9.74. The number of benzene rings is 1. The number of carbonyl (C=O) groups is 1. The normalized spacial score (nSPS) is 15.7. The van der Waals surface area contributed by atoms with Crippen molar-refractivity contribution in [3.05, 3.63) is 30.3 Å². The summed E-state index contributed by atoms with van der Waals surface area (Å²) in [6.45, 7) is 1.46. The molecule has 1 fully saturated rings. The number of para-hydroxylation sites is 1. The molecule has 0 radical (unpaired) electrons. The summed E-state index contributed by atoms with van der Waals surface area (Å²) < 4.78 is 5.54. The molecular formula is C16H23NO3. The summed E-state index contributed by atoms with van der Waals surface area (Å²) in [4.78, 5) is 11.7. The SMILES string of the molecule is O=C(CCCOc1ccccc1)NCC1(CCO)CC1. The molecule has 2 rings (SSSR count). The summed E-state index contributed by atoms with van der Waals surface area (Å²) >= 11 is 0. The van der Waals surface area contributed by atoms with Crippen LogP contribution in [0.4, 0.5) is 0 Å². The number of amides is 1. The van der Waals surface area contributed by atoms with Gasteiger partial charge in [0, 0.05) is 19.6 Å². The first-order valence-electron chi connectivity index (χ1n) is 7.30. The lowest BCUT2D eigenvalue weighted by molar-refractivity contribution is -0.121. The van der Waals surface area contributed by atoms with Gasteiger partial charge in [-0.2, -0.15) is 0 Å². The van der Waals surface area contributed by atoms with Crippen molar-refractivity contribution in [3.8, 4) is 5.75 Å². The van der Waals surface area contributed by atoms with Crippen molar-refractivity contribution in [2.24, 2.45) is 5.41 Å². The van der Waals surface area contributed by atoms with Crippen molar-refractivity contribution in [1.29, 1.82) is 0 Å². The van der Waals surface area contributed by atoms with Crippen LogP contribution < -0.4 is 10.1 Å². The van der Waals surface area contributed by atoms with E-state index in [0.29, 0.717) is 26.0 Å². The van der Waals surface area contributed by atoms with Crippen LogP contribution in [0.5, 0.6) is 5.75 Å². The van der Waals surface area contributed by atoms with E-state index in [9.17, 15) is 4.79 Å². The smallest absolute Gasteiger partial charge is 0.220 e. The Morgan fingerprint density at radius 2 is 2.05 bits per heavy atom. The van der Waals surface area contributed by atoms with Gasteiger partial charge in [-0.05, 0) is 43.2 Å². The Balaban J connectivity index is 1.54. The molecule has 20 heavy (non-hydrogen) atoms. The summed E-state index contributed by atoms with van der Waals surface area (Å²) in [5, 5.41) is 11.9. The lowest BCUT2D eigenvalue weighted by atomic mass is 10.0. The lowest BCUT2D eigenvalue weighted by Gasteiger charge is -2.14. The summed E-state index contributed by atoms with van der Waals surface area (Å²) in [5.74, 6) is 0.915. The van der Waals surface area contributed by atoms with E-state index in [4.69, 9.17) is 9.84 Å². The molecule has 0 atom stereocenters. The first kappa shape index (κ1) is 14.9. The fraction of sp³-hybridized carbons (Fsp3) is 0.562. The predicted molar refractivity (Wildman–Crippen MR) is 77.6 cm³/mol. The molecule has 0 aliphatic heterocycles. The fourth-order valence-corrected chi connectivity index (χ4v) is 2.24. The summed E-state index contributed by atoms with van der Waals surface area (Å²) in [5.41, 5.74) is 0.185. The van der Waals surface area contributed by atoms with Crippen molar-refractivity contribution in [1.82, 2.24) is 5.32 Å². The Labute approximate surface area is 120 Å². The summed E-state index contributed by atoms with van der Waals surface area (Å²) in [6.07, 6.45) is 4.23. The zero-order valence-electron chi connectivity index (χ0n) is 11.8. The average molecular weight is 277 g/mol. The van der Waals surface area contributed by atoms with Gasteiger partial charge in [0.2, 0.25) is 5.91 Å². The van der Waals surface area contributed by atoms with Crippen LogP contribution in [0, 0.1) is 5.41 Å². The molecule has 0 aromatic heterocycles. The summed E-state index contributed by atoms with van der Waals surface area (Å²) in [7, 11) is 0. The van der Waals surface area contributed by atoms with Gasteiger partial charge in [-0.25, -0.2) is 0 Å². The Kier molecular flexibility index (Phi) is 5.41. The van der Waals surface area contributed by atoms with Gasteiger partial charge in [0.25, 0.3) is 0 Å². The van der Waals surface area contributed by atoms with Crippen LogP contribution in [0.3, 0.4) is 0 Å². The first-order valence-corrected chi connectivity index (χ1v) is 7.30. The molecule has 1 amide bonds. The fourth-order valence-electron chi connectivity index (χ4n) is 2.24. The van der Waals surface area contributed by atoms with Gasteiger partial charge in [0.15, 0.2) is 0 Å². The Bertz CT molecular complexity index is 415. The molecule has 0 saturated heterocycles. The summed E-state index contributed by atoms with van der Waals surface area (Å²) in [6, 6.07) is 9.62. The molecule has 4 nitrogen and oxygen atoms in total. The second-order valence-corrected chi connectivity index (χ2v) is 5.52. The third kappa shape index (κ3) is 4.85. The minimum atomic E-state index is 0.0749. The van der Waals surface area contributed by atoms with Crippen LogP contribution in [-0.2, 0) is 4.79 Å². The van der Waals surface area contributed by atoms with Gasteiger partial charge in [-0.15, -0.1) is 0 Å². The van der Waals surface area contributed by atoms with Crippen LogP contribution in [-0.4, -0.2) is 30.8 Å². The second kappa shape index (κ2) is 7.29. The molecule has 1 saturated carbocycles. The highest BCUT2D eigenvalue weighted by molar-refractivity contribution is 5.75. The Morgan fingerprint density at radius 3 is 2.70 bits per heavy atom. The number of nitrogens with one attached hydrogen (secondary N) is 1. The molecule has 0 heterocycles. The van der Waals surface area contributed by atoms with E-state index in [2.05, 4.69) is 5.32 Å². The lowest BCUT2D eigenvalue weighted by Crippen LogP contribution is -2.30. The van der Waals surface area contributed by atoms with E-state index in [-0.39, 0.29) is 17.9 Å². The van der Waals surface area contributed by atoms with Crippen LogP contribution in [0.2, 0.25) is 0 Å². The maximum Gasteiger partial charge on any atom is 0.220 e. The monoisotopic (exact) mass is 277 g/mol. The van der Waals surface area contributed by atoms with E-state index in [1.807, 2.05) is 30.3 Å². The number of aliphatic hydroxyl groups excluding tert-OH is 1. The molecule has 1 aliphatic rings. The number of aliphatic hydroxyl groups is 1. The number of hydrogen-bond donors (Lipinski definition) is 2. The molecule has 1 aromatic rings. The Morgan fingerprint density at radius 1 is 1.30 bits per heavy atom. The predicted octanol–water partition coefficient (Wildman–Crippen LogP) is 2.12. The van der Waals surface area contributed by atoms with Crippen molar-refractivity contribution in [2.75, 3.05) is 19.8 Å².